The maximum absolute atomic E-state index is 13.5. The van der Waals surface area contributed by atoms with Gasteiger partial charge in [-0.25, -0.2) is 8.42 Å². The lowest BCUT2D eigenvalue weighted by atomic mass is 10.1. The second-order valence-corrected chi connectivity index (χ2v) is 11.8. The first kappa shape index (κ1) is 24.3. The molecule has 0 aliphatic carbocycles. The van der Waals surface area contributed by atoms with E-state index in [0.717, 1.165) is 40.0 Å². The number of thiophene rings is 1. The number of anilines is 1. The number of nitrogens with one attached hydrogen (secondary N) is 1. The van der Waals surface area contributed by atoms with Gasteiger partial charge in [0.2, 0.25) is 6.41 Å². The average Bonchev–Trinajstić information content (AvgIpc) is 3.29. The number of hydrogen-bond donors (Lipinski definition) is 1. The average molecular weight is 568 g/mol. The standard InChI is InChI=1S/C20H21BrF3N3O4S2/c1-26-6-4-13(9-26)31-16-8-12(2-3-15(16)20(22,23)24)25-33(29,30)19-18(21)14-10-27(11-28)7-5-17(14)32-19/h2-3,8,11,13,25H,4-7,9-10H2,1H3/t13-/m1/s1. The van der Waals surface area contributed by atoms with Crippen molar-refractivity contribution in [3.8, 4) is 5.75 Å². The molecule has 3 heterocycles. The van der Waals surface area contributed by atoms with Crippen molar-refractivity contribution < 1.29 is 31.1 Å². The van der Waals surface area contributed by atoms with E-state index in [0.29, 0.717) is 49.9 Å². The van der Waals surface area contributed by atoms with Gasteiger partial charge in [0, 0.05) is 42.7 Å². The molecule has 4 rings (SSSR count). The molecule has 33 heavy (non-hydrogen) atoms. The van der Waals surface area contributed by atoms with Gasteiger partial charge < -0.3 is 14.5 Å². The number of rotatable bonds is 6. The number of carbonyl (C=O) groups is 1. The van der Waals surface area contributed by atoms with Crippen LogP contribution in [0.15, 0.2) is 26.9 Å². The van der Waals surface area contributed by atoms with Crippen LogP contribution in [0.25, 0.3) is 0 Å². The molecule has 1 atom stereocenters. The van der Waals surface area contributed by atoms with E-state index < -0.39 is 33.6 Å². The highest BCUT2D eigenvalue weighted by molar-refractivity contribution is 9.10. The molecule has 1 aromatic heterocycles. The number of likely N-dealkylation sites (tertiary alicyclic amines) is 1. The number of fused-ring (bicyclic) bond motifs is 1. The fourth-order valence-electron chi connectivity index (χ4n) is 3.90. The summed E-state index contributed by atoms with van der Waals surface area (Å²) < 4.78 is 75.1. The Morgan fingerprint density at radius 2 is 2.06 bits per heavy atom. The Labute approximate surface area is 201 Å². The summed E-state index contributed by atoms with van der Waals surface area (Å²) in [5.41, 5.74) is -0.264. The van der Waals surface area contributed by atoms with Gasteiger partial charge in [-0.2, -0.15) is 13.2 Å². The number of alkyl halides is 3. The third kappa shape index (κ3) is 5.15. The predicted octanol–water partition coefficient (Wildman–Crippen LogP) is 3.93. The van der Waals surface area contributed by atoms with E-state index in [-0.39, 0.29) is 9.90 Å². The summed E-state index contributed by atoms with van der Waals surface area (Å²) in [5, 5.41) is 0. The number of amides is 1. The van der Waals surface area contributed by atoms with E-state index in [1.165, 1.54) is 0 Å². The lowest BCUT2D eigenvalue weighted by molar-refractivity contribution is -0.139. The molecular formula is C20H21BrF3N3O4S2. The largest absolute Gasteiger partial charge is 0.488 e. The minimum absolute atomic E-state index is 0.0139. The lowest BCUT2D eigenvalue weighted by Gasteiger charge is -2.22. The summed E-state index contributed by atoms with van der Waals surface area (Å²) in [5.74, 6) is -0.408. The molecule has 1 aromatic carbocycles. The molecule has 2 aromatic rings. The number of carbonyl (C=O) groups excluding carboxylic acids is 1. The molecule has 13 heteroatoms. The molecule has 2 aliphatic rings. The summed E-state index contributed by atoms with van der Waals surface area (Å²) >= 11 is 4.41. The molecule has 1 N–H and O–H groups in total. The Morgan fingerprint density at radius 1 is 1.30 bits per heavy atom. The number of sulfonamides is 1. The Kier molecular flexibility index (Phi) is 6.69. The van der Waals surface area contributed by atoms with Gasteiger partial charge in [-0.05, 0) is 48.0 Å². The Balaban J connectivity index is 1.63. The zero-order chi connectivity index (χ0) is 24.0. The zero-order valence-corrected chi connectivity index (χ0v) is 20.7. The molecule has 1 amide bonds. The van der Waals surface area contributed by atoms with Crippen molar-refractivity contribution in [1.29, 1.82) is 0 Å². The number of ether oxygens (including phenoxy) is 1. The minimum Gasteiger partial charge on any atom is -0.488 e. The topological polar surface area (TPSA) is 79.0 Å². The summed E-state index contributed by atoms with van der Waals surface area (Å²) in [4.78, 5) is 15.4. The number of nitrogens with zero attached hydrogens (tertiary/aromatic N) is 2. The molecule has 1 saturated heterocycles. The predicted molar refractivity (Wildman–Crippen MR) is 121 cm³/mol. The van der Waals surface area contributed by atoms with Crippen molar-refractivity contribution >= 4 is 49.4 Å². The smallest absolute Gasteiger partial charge is 0.419 e. The van der Waals surface area contributed by atoms with E-state index in [4.69, 9.17) is 4.74 Å². The minimum atomic E-state index is -4.64. The Bertz CT molecular complexity index is 1170. The summed E-state index contributed by atoms with van der Waals surface area (Å²) in [6, 6.07) is 2.97. The first-order valence-corrected chi connectivity index (χ1v) is 13.2. The van der Waals surface area contributed by atoms with Crippen LogP contribution in [0.5, 0.6) is 5.75 Å². The van der Waals surface area contributed by atoms with Gasteiger partial charge in [0.1, 0.15) is 11.9 Å². The van der Waals surface area contributed by atoms with Crippen LogP contribution in [0.3, 0.4) is 0 Å². The van der Waals surface area contributed by atoms with Crippen molar-refractivity contribution in [2.24, 2.45) is 0 Å². The van der Waals surface area contributed by atoms with Crippen LogP contribution < -0.4 is 9.46 Å². The molecule has 180 valence electrons. The van der Waals surface area contributed by atoms with Crippen LogP contribution in [0.2, 0.25) is 0 Å². The summed E-state index contributed by atoms with van der Waals surface area (Å²) in [6.45, 7) is 1.97. The fourth-order valence-corrected chi connectivity index (χ4v) is 7.96. The third-order valence-electron chi connectivity index (χ3n) is 5.56. The molecule has 1 fully saturated rings. The van der Waals surface area contributed by atoms with Crippen molar-refractivity contribution in [3.63, 3.8) is 0 Å². The van der Waals surface area contributed by atoms with Crippen LogP contribution in [0, 0.1) is 0 Å². The van der Waals surface area contributed by atoms with Crippen molar-refractivity contribution in [2.45, 2.75) is 35.9 Å². The van der Waals surface area contributed by atoms with Crippen LogP contribution in [-0.4, -0.2) is 57.4 Å². The third-order valence-corrected chi connectivity index (χ3v) is 10.1. The number of likely N-dealkylation sites (N-methyl/N-ethyl adjacent to an activating group) is 1. The van der Waals surface area contributed by atoms with Crippen molar-refractivity contribution in [1.82, 2.24) is 9.80 Å². The molecular weight excluding hydrogens is 547 g/mol. The van der Waals surface area contributed by atoms with Crippen molar-refractivity contribution in [3.05, 3.63) is 38.7 Å². The summed E-state index contributed by atoms with van der Waals surface area (Å²) in [7, 11) is -2.24. The van der Waals surface area contributed by atoms with E-state index in [1.54, 1.807) is 4.90 Å². The molecule has 0 saturated carbocycles. The quantitative estimate of drug-likeness (QED) is 0.535. The Hall–Kier alpha value is -1.83. The number of hydrogen-bond acceptors (Lipinski definition) is 6. The van der Waals surface area contributed by atoms with E-state index in [2.05, 4.69) is 20.7 Å². The van der Waals surface area contributed by atoms with Crippen LogP contribution in [-0.2, 0) is 34.0 Å². The second kappa shape index (κ2) is 9.08. The van der Waals surface area contributed by atoms with E-state index in [9.17, 15) is 26.4 Å². The van der Waals surface area contributed by atoms with Crippen LogP contribution >= 0.6 is 27.3 Å². The van der Waals surface area contributed by atoms with Crippen molar-refractivity contribution in [2.75, 3.05) is 31.4 Å². The SMILES string of the molecule is CN1CC[C@@H](Oc2cc(NS(=O)(=O)c3sc4c(c3Br)CN(C=O)CC4)ccc2C(F)(F)F)C1. The highest BCUT2D eigenvalue weighted by Crippen LogP contribution is 2.42. The summed E-state index contributed by atoms with van der Waals surface area (Å²) in [6.07, 6.45) is -3.24. The van der Waals surface area contributed by atoms with Gasteiger partial charge in [0.25, 0.3) is 10.0 Å². The Morgan fingerprint density at radius 3 is 2.70 bits per heavy atom. The second-order valence-electron chi connectivity index (χ2n) is 8.04. The van der Waals surface area contributed by atoms with Gasteiger partial charge in [0.15, 0.2) is 4.21 Å². The molecule has 0 bridgehead atoms. The van der Waals surface area contributed by atoms with Gasteiger partial charge in [-0.3, -0.25) is 9.52 Å². The molecule has 2 aliphatic heterocycles. The maximum Gasteiger partial charge on any atom is 0.419 e. The van der Waals surface area contributed by atoms with Gasteiger partial charge in [-0.1, -0.05) is 0 Å². The van der Waals surface area contributed by atoms with E-state index in [1.807, 2.05) is 11.9 Å². The first-order valence-electron chi connectivity index (χ1n) is 10.1. The normalized spacial score (nSPS) is 19.4. The number of benzene rings is 1. The molecule has 0 unspecified atom stereocenters. The number of halogens is 4. The fraction of sp³-hybridized carbons (Fsp3) is 0.450. The molecule has 0 radical (unpaired) electrons. The van der Waals surface area contributed by atoms with Gasteiger partial charge in [-0.15, -0.1) is 11.3 Å². The van der Waals surface area contributed by atoms with Crippen LogP contribution in [0.4, 0.5) is 18.9 Å². The molecule has 7 nitrogen and oxygen atoms in total. The maximum atomic E-state index is 13.5. The highest BCUT2D eigenvalue weighted by Gasteiger charge is 2.36. The monoisotopic (exact) mass is 567 g/mol. The zero-order valence-electron chi connectivity index (χ0n) is 17.5. The highest BCUT2D eigenvalue weighted by atomic mass is 79.9. The van der Waals surface area contributed by atoms with Gasteiger partial charge in [0.05, 0.1) is 15.7 Å². The first-order chi connectivity index (χ1) is 15.5. The van der Waals surface area contributed by atoms with Crippen LogP contribution in [0.1, 0.15) is 22.4 Å². The molecule has 0 spiro atoms. The van der Waals surface area contributed by atoms with E-state index >= 15 is 0 Å². The van der Waals surface area contributed by atoms with Gasteiger partial charge >= 0.3 is 6.18 Å². The lowest BCUT2D eigenvalue weighted by Crippen LogP contribution is -2.28.